The van der Waals surface area contributed by atoms with Crippen molar-refractivity contribution in [2.45, 2.75) is 11.8 Å². The Morgan fingerprint density at radius 1 is 0.967 bits per heavy atom. The smallest absolute Gasteiger partial charge is 0.278 e. The molecule has 0 atom stereocenters. The predicted octanol–water partition coefficient (Wildman–Crippen LogP) is 4.46. The summed E-state index contributed by atoms with van der Waals surface area (Å²) < 4.78 is 38.0. The molecule has 0 aromatic heterocycles. The molecule has 1 amide bonds. The van der Waals surface area contributed by atoms with Gasteiger partial charge in [-0.15, -0.1) is 0 Å². The Morgan fingerprint density at radius 2 is 1.63 bits per heavy atom. The van der Waals surface area contributed by atoms with E-state index < -0.39 is 22.5 Å². The molecule has 0 fully saturated rings. The average molecular weight is 446 g/mol. The van der Waals surface area contributed by atoms with Crippen molar-refractivity contribution in [2.75, 3.05) is 18.0 Å². The molecule has 3 aromatic rings. The number of hydrogen-bond acceptors (Lipinski definition) is 5. The molecule has 3 rings (SSSR count). The third-order valence-electron chi connectivity index (χ3n) is 4.32. The molecule has 0 saturated heterocycles. The van der Waals surface area contributed by atoms with Crippen molar-refractivity contribution in [2.24, 2.45) is 0 Å². The van der Waals surface area contributed by atoms with Crippen LogP contribution in [0.1, 0.15) is 5.56 Å². The van der Waals surface area contributed by atoms with Gasteiger partial charge in [0.15, 0.2) is 6.61 Å². The van der Waals surface area contributed by atoms with Crippen molar-refractivity contribution in [3.8, 4) is 11.5 Å². The van der Waals surface area contributed by atoms with Crippen LogP contribution in [0.2, 0.25) is 5.02 Å². The third-order valence-corrected chi connectivity index (χ3v) is 6.38. The van der Waals surface area contributed by atoms with E-state index in [-0.39, 0.29) is 15.6 Å². The number of anilines is 1. The highest BCUT2D eigenvalue weighted by molar-refractivity contribution is 7.93. The zero-order chi connectivity index (χ0) is 21.7. The number of hydrogen-bond donors (Lipinski definition) is 0. The summed E-state index contributed by atoms with van der Waals surface area (Å²) in [6, 6.07) is 19.2. The summed E-state index contributed by atoms with van der Waals surface area (Å²) in [5.41, 5.74) is 0.915. The van der Waals surface area contributed by atoms with Gasteiger partial charge in [0.05, 0.1) is 22.7 Å². The van der Waals surface area contributed by atoms with E-state index in [4.69, 9.17) is 21.1 Å². The molecule has 0 aliphatic rings. The van der Waals surface area contributed by atoms with E-state index in [1.807, 2.05) is 19.1 Å². The molecule has 0 bridgehead atoms. The molecule has 0 N–H and O–H groups in total. The van der Waals surface area contributed by atoms with Gasteiger partial charge < -0.3 is 9.47 Å². The maximum Gasteiger partial charge on any atom is 0.278 e. The summed E-state index contributed by atoms with van der Waals surface area (Å²) in [6.07, 6.45) is 0. The first-order chi connectivity index (χ1) is 14.3. The molecule has 0 aliphatic carbocycles. The summed E-state index contributed by atoms with van der Waals surface area (Å²) in [7, 11) is -2.75. The largest absolute Gasteiger partial charge is 0.495 e. The molecule has 0 unspecified atom stereocenters. The Labute approximate surface area is 180 Å². The van der Waals surface area contributed by atoms with Gasteiger partial charge in [-0.3, -0.25) is 4.79 Å². The van der Waals surface area contributed by atoms with Gasteiger partial charge in [-0.1, -0.05) is 48.0 Å². The fourth-order valence-electron chi connectivity index (χ4n) is 2.81. The number of halogens is 1. The fourth-order valence-corrected chi connectivity index (χ4v) is 4.49. The van der Waals surface area contributed by atoms with E-state index >= 15 is 0 Å². The number of methoxy groups -OCH3 is 1. The molecule has 0 radical (unpaired) electrons. The quantitative estimate of drug-likeness (QED) is 0.537. The van der Waals surface area contributed by atoms with Gasteiger partial charge in [0.1, 0.15) is 11.5 Å². The summed E-state index contributed by atoms with van der Waals surface area (Å²) in [4.78, 5) is 13.0. The first-order valence-corrected chi connectivity index (χ1v) is 10.8. The topological polar surface area (TPSA) is 72.9 Å². The highest BCUT2D eigenvalue weighted by Crippen LogP contribution is 2.32. The molecule has 0 aliphatic heterocycles. The van der Waals surface area contributed by atoms with Crippen molar-refractivity contribution in [3.63, 3.8) is 0 Å². The van der Waals surface area contributed by atoms with Gasteiger partial charge >= 0.3 is 0 Å². The van der Waals surface area contributed by atoms with Crippen molar-refractivity contribution in [3.05, 3.63) is 83.4 Å². The number of benzene rings is 3. The van der Waals surface area contributed by atoms with E-state index in [1.54, 1.807) is 30.3 Å². The highest BCUT2D eigenvalue weighted by atomic mass is 35.5. The summed E-state index contributed by atoms with van der Waals surface area (Å²) >= 11 is 6.18. The van der Waals surface area contributed by atoms with Crippen molar-refractivity contribution < 1.29 is 22.7 Å². The second-order valence-corrected chi connectivity index (χ2v) is 8.54. The van der Waals surface area contributed by atoms with Crippen LogP contribution in [0.5, 0.6) is 11.5 Å². The lowest BCUT2D eigenvalue weighted by atomic mass is 10.2. The van der Waals surface area contributed by atoms with Gasteiger partial charge in [-0.2, -0.15) is 4.31 Å². The van der Waals surface area contributed by atoms with Crippen molar-refractivity contribution in [1.82, 2.24) is 0 Å². The van der Waals surface area contributed by atoms with Gasteiger partial charge in [-0.25, -0.2) is 8.42 Å². The summed E-state index contributed by atoms with van der Waals surface area (Å²) in [6.45, 7) is 1.36. The fraction of sp³-hybridized carbons (Fsp3) is 0.136. The van der Waals surface area contributed by atoms with Crippen LogP contribution in [0, 0.1) is 6.92 Å². The third kappa shape index (κ3) is 4.58. The molecular weight excluding hydrogens is 426 g/mol. The van der Waals surface area contributed by atoms with Gasteiger partial charge in [0, 0.05) is 0 Å². The number of nitrogens with zero attached hydrogens (tertiary/aromatic N) is 1. The SMILES string of the molecule is COc1ccc(N(C(=O)COc2ccccc2C)S(=O)(=O)c2ccccc2)cc1Cl. The van der Waals surface area contributed by atoms with Gasteiger partial charge in [0.2, 0.25) is 0 Å². The first-order valence-electron chi connectivity index (χ1n) is 9.00. The molecule has 8 heteroatoms. The van der Waals surface area contributed by atoms with E-state index in [9.17, 15) is 13.2 Å². The number of rotatable bonds is 7. The van der Waals surface area contributed by atoms with Crippen molar-refractivity contribution >= 4 is 33.2 Å². The zero-order valence-corrected chi connectivity index (χ0v) is 18.0. The Hall–Kier alpha value is -3.03. The number of carbonyl (C=O) groups is 1. The average Bonchev–Trinajstić information content (AvgIpc) is 2.74. The molecule has 30 heavy (non-hydrogen) atoms. The van der Waals surface area contributed by atoms with Crippen LogP contribution in [0.15, 0.2) is 77.7 Å². The van der Waals surface area contributed by atoms with Crippen LogP contribution in [-0.4, -0.2) is 28.0 Å². The molecule has 156 valence electrons. The van der Waals surface area contributed by atoms with Gasteiger partial charge in [0.25, 0.3) is 15.9 Å². The van der Waals surface area contributed by atoms with Crippen LogP contribution in [0.25, 0.3) is 0 Å². The Balaban J connectivity index is 2.00. The normalized spacial score (nSPS) is 11.0. The van der Waals surface area contributed by atoms with Crippen LogP contribution in [0.3, 0.4) is 0 Å². The predicted molar refractivity (Wildman–Crippen MR) is 116 cm³/mol. The minimum absolute atomic E-state index is 0.0267. The van der Waals surface area contributed by atoms with E-state index in [1.165, 1.54) is 37.4 Å². The second kappa shape index (κ2) is 9.19. The minimum Gasteiger partial charge on any atom is -0.495 e. The Kier molecular flexibility index (Phi) is 6.64. The summed E-state index contributed by atoms with van der Waals surface area (Å²) in [5, 5.41) is 0.177. The number of para-hydroxylation sites is 1. The van der Waals surface area contributed by atoms with Crippen LogP contribution < -0.4 is 13.8 Å². The second-order valence-electron chi connectivity index (χ2n) is 6.35. The maximum absolute atomic E-state index is 13.3. The lowest BCUT2D eigenvalue weighted by Crippen LogP contribution is -2.40. The molecular formula is C22H20ClNO5S. The number of aryl methyl sites for hydroxylation is 1. The van der Waals surface area contributed by atoms with E-state index in [0.29, 0.717) is 15.8 Å². The van der Waals surface area contributed by atoms with Crippen LogP contribution in [0.4, 0.5) is 5.69 Å². The molecule has 3 aromatic carbocycles. The van der Waals surface area contributed by atoms with E-state index in [0.717, 1.165) is 5.56 Å². The molecule has 0 heterocycles. The summed E-state index contributed by atoms with van der Waals surface area (Å²) in [5.74, 6) is 0.0973. The molecule has 6 nitrogen and oxygen atoms in total. The van der Waals surface area contributed by atoms with Gasteiger partial charge in [-0.05, 0) is 48.9 Å². The Bertz CT molecular complexity index is 1150. The van der Waals surface area contributed by atoms with Crippen molar-refractivity contribution in [1.29, 1.82) is 0 Å². The number of ether oxygens (including phenoxy) is 2. The molecule has 0 saturated carbocycles. The van der Waals surface area contributed by atoms with E-state index in [2.05, 4.69) is 0 Å². The monoisotopic (exact) mass is 445 g/mol. The lowest BCUT2D eigenvalue weighted by Gasteiger charge is -2.23. The number of sulfonamides is 1. The maximum atomic E-state index is 13.3. The van der Waals surface area contributed by atoms with Crippen LogP contribution >= 0.6 is 11.6 Å². The standard InChI is InChI=1S/C22H20ClNO5S/c1-16-8-6-7-11-20(16)29-15-22(25)24(17-12-13-21(28-2)19(23)14-17)30(26,27)18-9-4-3-5-10-18/h3-14H,15H2,1-2H3. The molecule has 0 spiro atoms. The minimum atomic E-state index is -4.20. The lowest BCUT2D eigenvalue weighted by molar-refractivity contribution is -0.119. The first kappa shape index (κ1) is 21.7. The van der Waals surface area contributed by atoms with Crippen LogP contribution in [-0.2, 0) is 14.8 Å². The Morgan fingerprint density at radius 3 is 2.27 bits per heavy atom. The highest BCUT2D eigenvalue weighted by Gasteiger charge is 2.31. The number of amides is 1. The number of carbonyl (C=O) groups excluding carboxylic acids is 1. The zero-order valence-electron chi connectivity index (χ0n) is 16.4.